The van der Waals surface area contributed by atoms with Crippen LogP contribution >= 0.6 is 0 Å². The van der Waals surface area contributed by atoms with Gasteiger partial charge < -0.3 is 0 Å². The Balaban J connectivity index is 0.00000102. The number of benzene rings is 3. The Morgan fingerprint density at radius 1 is 0.667 bits per heavy atom. The van der Waals surface area contributed by atoms with E-state index in [-0.39, 0.29) is 0 Å². The molecule has 0 saturated carbocycles. The van der Waals surface area contributed by atoms with Crippen molar-refractivity contribution in [1.82, 2.24) is 4.98 Å². The normalized spacial score (nSPS) is 12.3. The molecule has 0 fully saturated rings. The molecule has 4 rings (SSSR count). The van der Waals surface area contributed by atoms with Gasteiger partial charge in [-0.1, -0.05) is 80.6 Å². The highest BCUT2D eigenvalue weighted by Crippen LogP contribution is 2.37. The van der Waals surface area contributed by atoms with Crippen LogP contribution in [0, 0.1) is 6.92 Å². The van der Waals surface area contributed by atoms with Crippen molar-refractivity contribution in [3.63, 3.8) is 0 Å². The monoisotopic (exact) mass is 353 g/mol. The van der Waals surface area contributed by atoms with Crippen molar-refractivity contribution in [2.45, 2.75) is 34.6 Å². The van der Waals surface area contributed by atoms with Crippen molar-refractivity contribution in [1.29, 1.82) is 0 Å². The molecule has 1 heteroatoms. The zero-order valence-electron chi connectivity index (χ0n) is 16.9. The van der Waals surface area contributed by atoms with Crippen LogP contribution in [-0.4, -0.2) is 4.98 Å². The first-order chi connectivity index (χ1) is 13.2. The zero-order chi connectivity index (χ0) is 19.4. The van der Waals surface area contributed by atoms with Crippen LogP contribution < -0.4 is 10.6 Å². The molecule has 0 spiro atoms. The van der Waals surface area contributed by atoms with Crippen LogP contribution in [0.5, 0.6) is 0 Å². The Kier molecular flexibility index (Phi) is 5.71. The van der Waals surface area contributed by atoms with Crippen LogP contribution in [-0.2, 0) is 0 Å². The first-order valence-electron chi connectivity index (χ1n) is 9.74. The summed E-state index contributed by atoms with van der Waals surface area (Å²) in [6.07, 6.45) is 4.19. The average Bonchev–Trinajstić information content (AvgIpc) is 2.75. The molecule has 0 unspecified atom stereocenters. The molecule has 0 bridgehead atoms. The highest BCUT2D eigenvalue weighted by atomic mass is 14.7. The van der Waals surface area contributed by atoms with E-state index in [1.54, 1.807) is 0 Å². The molecule has 1 nitrogen and oxygen atoms in total. The highest BCUT2D eigenvalue weighted by molar-refractivity contribution is 6.14. The van der Waals surface area contributed by atoms with Gasteiger partial charge in [-0.15, -0.1) is 0 Å². The van der Waals surface area contributed by atoms with Gasteiger partial charge in [0.05, 0.1) is 11.0 Å². The predicted octanol–water partition coefficient (Wildman–Crippen LogP) is 5.99. The summed E-state index contributed by atoms with van der Waals surface area (Å²) in [7, 11) is 0. The Bertz CT molecular complexity index is 1160. The quantitative estimate of drug-likeness (QED) is 0.383. The Morgan fingerprint density at radius 3 is 1.67 bits per heavy atom. The van der Waals surface area contributed by atoms with E-state index in [0.29, 0.717) is 0 Å². The van der Waals surface area contributed by atoms with Crippen molar-refractivity contribution >= 4 is 33.7 Å². The topological polar surface area (TPSA) is 12.9 Å². The Morgan fingerprint density at radius 2 is 1.19 bits per heavy atom. The molecule has 0 atom stereocenters. The van der Waals surface area contributed by atoms with Gasteiger partial charge in [-0.25, -0.2) is 4.98 Å². The molecule has 0 aliphatic heterocycles. The van der Waals surface area contributed by atoms with Crippen LogP contribution in [0.3, 0.4) is 0 Å². The van der Waals surface area contributed by atoms with Gasteiger partial charge in [-0.05, 0) is 59.2 Å². The molecule has 0 N–H and O–H groups in total. The molecule has 3 aromatic carbocycles. The molecule has 0 aliphatic rings. The molecule has 0 amide bonds. The third-order valence-corrected chi connectivity index (χ3v) is 5.00. The largest absolute Gasteiger partial charge is 0.248 e. The third-order valence-electron chi connectivity index (χ3n) is 5.00. The van der Waals surface area contributed by atoms with E-state index in [9.17, 15) is 0 Å². The van der Waals surface area contributed by atoms with Gasteiger partial charge in [0.1, 0.15) is 0 Å². The lowest BCUT2D eigenvalue weighted by Gasteiger charge is -2.14. The second-order valence-electron chi connectivity index (χ2n) is 6.34. The summed E-state index contributed by atoms with van der Waals surface area (Å²) in [5, 5.41) is 7.33. The third kappa shape index (κ3) is 3.26. The van der Waals surface area contributed by atoms with Gasteiger partial charge in [-0.3, -0.25) is 0 Å². The molecule has 4 aromatic rings. The van der Waals surface area contributed by atoms with E-state index < -0.39 is 0 Å². The van der Waals surface area contributed by atoms with Gasteiger partial charge in [0.25, 0.3) is 0 Å². The van der Waals surface area contributed by atoms with Crippen LogP contribution in [0.2, 0.25) is 0 Å². The second-order valence-corrected chi connectivity index (χ2v) is 6.34. The van der Waals surface area contributed by atoms with E-state index in [1.165, 1.54) is 37.9 Å². The van der Waals surface area contributed by atoms with E-state index in [1.807, 2.05) is 20.8 Å². The second kappa shape index (κ2) is 8.18. The summed E-state index contributed by atoms with van der Waals surface area (Å²) in [4.78, 5) is 4.98. The van der Waals surface area contributed by atoms with Crippen molar-refractivity contribution in [2.75, 3.05) is 0 Å². The van der Waals surface area contributed by atoms with Gasteiger partial charge >= 0.3 is 0 Å². The van der Waals surface area contributed by atoms with Crippen molar-refractivity contribution in [3.05, 3.63) is 76.8 Å². The number of aromatic nitrogens is 1. The summed E-state index contributed by atoms with van der Waals surface area (Å²) in [6, 6.07) is 21.6. The summed E-state index contributed by atoms with van der Waals surface area (Å²) >= 11 is 0. The lowest BCUT2D eigenvalue weighted by atomic mass is 9.91. The summed E-state index contributed by atoms with van der Waals surface area (Å²) in [6.45, 7) is 10.3. The smallest absolute Gasteiger partial charge is 0.0722 e. The SMILES string of the molecule is C/C=c1/ccc(-c2c3ccccc3c(C)c3ccccc23)n/c1=C/C.CC. The van der Waals surface area contributed by atoms with Crippen molar-refractivity contribution in [2.24, 2.45) is 0 Å². The van der Waals surface area contributed by atoms with Crippen LogP contribution in [0.4, 0.5) is 0 Å². The summed E-state index contributed by atoms with van der Waals surface area (Å²) in [5.41, 5.74) is 3.59. The van der Waals surface area contributed by atoms with E-state index >= 15 is 0 Å². The molecule has 136 valence electrons. The van der Waals surface area contributed by atoms with Crippen LogP contribution in [0.25, 0.3) is 45.0 Å². The molecule has 1 aromatic heterocycles. The lowest BCUT2D eigenvalue weighted by Crippen LogP contribution is -2.27. The molecule has 27 heavy (non-hydrogen) atoms. The van der Waals surface area contributed by atoms with E-state index in [0.717, 1.165) is 11.0 Å². The first kappa shape index (κ1) is 18.8. The maximum Gasteiger partial charge on any atom is 0.0722 e. The number of aryl methyl sites for hydroxylation is 1. The fraction of sp³-hybridized carbons (Fsp3) is 0.192. The average molecular weight is 354 g/mol. The molecular formula is C26H27N. The summed E-state index contributed by atoms with van der Waals surface area (Å²) < 4.78 is 0. The zero-order valence-corrected chi connectivity index (χ0v) is 16.9. The standard InChI is InChI=1S/C24H21N.C2H6/c1-4-17-14-15-23(25-22(17)5-2)24-20-12-8-6-10-18(20)16(3)19-11-7-9-13-21(19)24;1-2/h4-15H,1-3H3;1-2H3/b17-4-,22-5+;. The van der Waals surface area contributed by atoms with E-state index in [2.05, 4.69) is 86.7 Å². The molecular weight excluding hydrogens is 326 g/mol. The number of fused-ring (bicyclic) bond motifs is 2. The van der Waals surface area contributed by atoms with Crippen LogP contribution in [0.1, 0.15) is 33.3 Å². The number of nitrogens with zero attached hydrogens (tertiary/aromatic N) is 1. The number of hydrogen-bond donors (Lipinski definition) is 0. The molecule has 1 heterocycles. The fourth-order valence-electron chi connectivity index (χ4n) is 3.72. The Labute approximate surface area is 161 Å². The molecule has 0 radical (unpaired) electrons. The van der Waals surface area contributed by atoms with Gasteiger partial charge in [-0.2, -0.15) is 0 Å². The van der Waals surface area contributed by atoms with Gasteiger partial charge in [0.15, 0.2) is 0 Å². The lowest BCUT2D eigenvalue weighted by molar-refractivity contribution is 1.22. The Hall–Kier alpha value is -2.93. The predicted molar refractivity (Wildman–Crippen MR) is 120 cm³/mol. The highest BCUT2D eigenvalue weighted by Gasteiger charge is 2.13. The maximum atomic E-state index is 4.98. The van der Waals surface area contributed by atoms with Crippen molar-refractivity contribution in [3.8, 4) is 11.3 Å². The number of pyridine rings is 1. The minimum absolute atomic E-state index is 1.03. The maximum absolute atomic E-state index is 4.98. The van der Waals surface area contributed by atoms with Crippen molar-refractivity contribution < 1.29 is 0 Å². The first-order valence-corrected chi connectivity index (χ1v) is 9.74. The van der Waals surface area contributed by atoms with Gasteiger partial charge in [0.2, 0.25) is 0 Å². The number of hydrogen-bond acceptors (Lipinski definition) is 1. The molecule has 0 aliphatic carbocycles. The number of rotatable bonds is 1. The fourth-order valence-corrected chi connectivity index (χ4v) is 3.72. The van der Waals surface area contributed by atoms with E-state index in [4.69, 9.17) is 4.98 Å². The molecule has 0 saturated heterocycles. The minimum atomic E-state index is 1.03. The summed E-state index contributed by atoms with van der Waals surface area (Å²) in [5.74, 6) is 0. The minimum Gasteiger partial charge on any atom is -0.248 e. The van der Waals surface area contributed by atoms with Crippen LogP contribution in [0.15, 0.2) is 60.7 Å². The van der Waals surface area contributed by atoms with Gasteiger partial charge in [0, 0.05) is 5.56 Å².